The van der Waals surface area contributed by atoms with Crippen LogP contribution in [0.2, 0.25) is 0 Å². The van der Waals surface area contributed by atoms with E-state index >= 15 is 0 Å². The first kappa shape index (κ1) is 14.2. The molecule has 0 radical (unpaired) electrons. The molecular formula is C13H26N4. The van der Waals surface area contributed by atoms with E-state index in [1.807, 2.05) is 13.2 Å². The lowest BCUT2D eigenvalue weighted by Gasteiger charge is -2.34. The maximum absolute atomic E-state index is 4.18. The molecule has 98 valence electrons. The molecule has 1 heterocycles. The number of nitrogens with zero attached hydrogens (tertiary/aromatic N) is 3. The van der Waals surface area contributed by atoms with Crippen LogP contribution < -0.4 is 5.32 Å². The van der Waals surface area contributed by atoms with Crippen molar-refractivity contribution in [2.75, 3.05) is 6.54 Å². The van der Waals surface area contributed by atoms with E-state index in [9.17, 15) is 0 Å². The summed E-state index contributed by atoms with van der Waals surface area (Å²) in [6, 6.07) is 0.462. The van der Waals surface area contributed by atoms with Crippen LogP contribution in [0.15, 0.2) is 6.20 Å². The van der Waals surface area contributed by atoms with Crippen LogP contribution in [0.25, 0.3) is 0 Å². The molecule has 17 heavy (non-hydrogen) atoms. The summed E-state index contributed by atoms with van der Waals surface area (Å²) in [5.41, 5.74) is 1.36. The molecule has 0 spiro atoms. The summed E-state index contributed by atoms with van der Waals surface area (Å²) in [6.07, 6.45) is 5.28. The average molecular weight is 238 g/mol. The van der Waals surface area contributed by atoms with Crippen LogP contribution in [-0.2, 0) is 13.5 Å². The van der Waals surface area contributed by atoms with Gasteiger partial charge in [0.05, 0.1) is 5.69 Å². The fourth-order valence-electron chi connectivity index (χ4n) is 1.89. The minimum Gasteiger partial charge on any atom is -0.313 e. The summed E-state index contributed by atoms with van der Waals surface area (Å²) >= 11 is 0. The van der Waals surface area contributed by atoms with Gasteiger partial charge in [0, 0.05) is 25.7 Å². The molecular weight excluding hydrogens is 212 g/mol. The summed E-state index contributed by atoms with van der Waals surface area (Å²) in [4.78, 5) is 0. The lowest BCUT2D eigenvalue weighted by atomic mass is 9.79. The first-order chi connectivity index (χ1) is 7.99. The number of hydrogen-bond acceptors (Lipinski definition) is 3. The van der Waals surface area contributed by atoms with Crippen LogP contribution in [0.4, 0.5) is 0 Å². The van der Waals surface area contributed by atoms with Gasteiger partial charge in [-0.1, -0.05) is 32.9 Å². The van der Waals surface area contributed by atoms with Gasteiger partial charge in [0.2, 0.25) is 0 Å². The monoisotopic (exact) mass is 238 g/mol. The molecule has 0 amide bonds. The van der Waals surface area contributed by atoms with Gasteiger partial charge in [0.15, 0.2) is 0 Å². The fraction of sp³-hybridized carbons (Fsp3) is 0.846. The van der Waals surface area contributed by atoms with E-state index in [-0.39, 0.29) is 5.41 Å². The Kier molecular flexibility index (Phi) is 5.12. The van der Waals surface area contributed by atoms with Crippen molar-refractivity contribution in [1.82, 2.24) is 20.3 Å². The Balaban J connectivity index is 2.69. The van der Waals surface area contributed by atoms with Gasteiger partial charge in [-0.25, -0.2) is 0 Å². The smallest absolute Gasteiger partial charge is 0.0842 e. The van der Waals surface area contributed by atoms with Gasteiger partial charge in [-0.3, -0.25) is 4.68 Å². The lowest BCUT2D eigenvalue weighted by molar-refractivity contribution is 0.229. The summed E-state index contributed by atoms with van der Waals surface area (Å²) < 4.78 is 1.77. The van der Waals surface area contributed by atoms with Gasteiger partial charge in [-0.15, -0.1) is 5.10 Å². The van der Waals surface area contributed by atoms with Gasteiger partial charge in [-0.05, 0) is 24.8 Å². The summed E-state index contributed by atoms with van der Waals surface area (Å²) in [6.45, 7) is 10.1. The highest BCUT2D eigenvalue weighted by molar-refractivity contribution is 4.99. The minimum absolute atomic E-state index is 0.284. The third-order valence-corrected chi connectivity index (χ3v) is 3.56. The highest BCUT2D eigenvalue weighted by atomic mass is 15.4. The zero-order valence-electron chi connectivity index (χ0n) is 11.8. The Hall–Kier alpha value is -0.900. The van der Waals surface area contributed by atoms with E-state index in [1.54, 1.807) is 4.68 Å². The van der Waals surface area contributed by atoms with Crippen molar-refractivity contribution in [3.8, 4) is 0 Å². The van der Waals surface area contributed by atoms with Gasteiger partial charge < -0.3 is 5.32 Å². The largest absolute Gasteiger partial charge is 0.313 e. The molecule has 4 heteroatoms. The van der Waals surface area contributed by atoms with Crippen molar-refractivity contribution in [2.45, 2.75) is 53.0 Å². The van der Waals surface area contributed by atoms with Crippen molar-refractivity contribution in [3.05, 3.63) is 11.9 Å². The van der Waals surface area contributed by atoms with E-state index < -0.39 is 0 Å². The van der Waals surface area contributed by atoms with Crippen molar-refractivity contribution < 1.29 is 0 Å². The van der Waals surface area contributed by atoms with Crippen LogP contribution in [0, 0.1) is 5.41 Å². The van der Waals surface area contributed by atoms with Crippen LogP contribution in [0.3, 0.4) is 0 Å². The Morgan fingerprint density at radius 1 is 1.41 bits per heavy atom. The standard InChI is InChI=1S/C13H26N4/c1-6-8-14-12(13(3,4)7-2)9-11-10-17(5)16-15-11/h10,12,14H,6-9H2,1-5H3. The zero-order chi connectivity index (χ0) is 12.9. The second-order valence-corrected chi connectivity index (χ2v) is 5.44. The van der Waals surface area contributed by atoms with Crippen molar-refractivity contribution >= 4 is 0 Å². The normalized spacial score (nSPS) is 13.9. The molecule has 1 atom stereocenters. The van der Waals surface area contributed by atoms with Crippen molar-refractivity contribution in [1.29, 1.82) is 0 Å². The predicted octanol–water partition coefficient (Wildman–Crippen LogP) is 2.16. The van der Waals surface area contributed by atoms with E-state index in [0.717, 1.165) is 31.5 Å². The molecule has 1 N–H and O–H groups in total. The van der Waals surface area contributed by atoms with E-state index in [2.05, 4.69) is 43.3 Å². The van der Waals surface area contributed by atoms with Crippen LogP contribution in [0.1, 0.15) is 46.2 Å². The third-order valence-electron chi connectivity index (χ3n) is 3.56. The molecule has 0 aliphatic carbocycles. The molecule has 0 fully saturated rings. The minimum atomic E-state index is 0.284. The molecule has 0 aromatic carbocycles. The number of aromatic nitrogens is 3. The topological polar surface area (TPSA) is 42.7 Å². The molecule has 0 saturated heterocycles. The number of nitrogens with one attached hydrogen (secondary N) is 1. The van der Waals surface area contributed by atoms with Crippen molar-refractivity contribution in [2.24, 2.45) is 12.5 Å². The SMILES string of the molecule is CCCNC(Cc1cn(C)nn1)C(C)(C)CC. The van der Waals surface area contributed by atoms with E-state index in [4.69, 9.17) is 0 Å². The molecule has 1 rings (SSSR count). The van der Waals surface area contributed by atoms with Gasteiger partial charge in [-0.2, -0.15) is 0 Å². The number of aryl methyl sites for hydroxylation is 1. The van der Waals surface area contributed by atoms with E-state index in [0.29, 0.717) is 6.04 Å². The summed E-state index contributed by atoms with van der Waals surface area (Å²) in [5, 5.41) is 11.8. The highest BCUT2D eigenvalue weighted by Gasteiger charge is 2.27. The molecule has 0 aliphatic heterocycles. The lowest BCUT2D eigenvalue weighted by Crippen LogP contribution is -2.43. The second-order valence-electron chi connectivity index (χ2n) is 5.44. The van der Waals surface area contributed by atoms with Crippen LogP contribution in [-0.4, -0.2) is 27.6 Å². The quantitative estimate of drug-likeness (QED) is 0.791. The Bertz CT molecular complexity index is 330. The molecule has 0 aliphatic rings. The van der Waals surface area contributed by atoms with Gasteiger partial charge in [0.25, 0.3) is 0 Å². The van der Waals surface area contributed by atoms with E-state index in [1.165, 1.54) is 0 Å². The summed E-state index contributed by atoms with van der Waals surface area (Å²) in [5.74, 6) is 0. The first-order valence-electron chi connectivity index (χ1n) is 6.58. The average Bonchev–Trinajstić information content (AvgIpc) is 2.70. The molecule has 4 nitrogen and oxygen atoms in total. The third kappa shape index (κ3) is 4.11. The Morgan fingerprint density at radius 2 is 2.12 bits per heavy atom. The van der Waals surface area contributed by atoms with Gasteiger partial charge in [0.1, 0.15) is 0 Å². The van der Waals surface area contributed by atoms with Crippen molar-refractivity contribution in [3.63, 3.8) is 0 Å². The Morgan fingerprint density at radius 3 is 2.59 bits per heavy atom. The molecule has 1 aromatic rings. The van der Waals surface area contributed by atoms with Crippen LogP contribution in [0.5, 0.6) is 0 Å². The summed E-state index contributed by atoms with van der Waals surface area (Å²) in [7, 11) is 1.91. The molecule has 0 bridgehead atoms. The molecule has 0 saturated carbocycles. The maximum Gasteiger partial charge on any atom is 0.0842 e. The Labute approximate surface area is 105 Å². The molecule has 1 unspecified atom stereocenters. The predicted molar refractivity (Wildman–Crippen MR) is 70.9 cm³/mol. The molecule has 1 aromatic heterocycles. The number of hydrogen-bond donors (Lipinski definition) is 1. The fourth-order valence-corrected chi connectivity index (χ4v) is 1.89. The van der Waals surface area contributed by atoms with Gasteiger partial charge >= 0.3 is 0 Å². The second kappa shape index (κ2) is 6.15. The number of rotatable bonds is 7. The van der Waals surface area contributed by atoms with Crippen LogP contribution >= 0.6 is 0 Å². The zero-order valence-corrected chi connectivity index (χ0v) is 11.8. The first-order valence-corrected chi connectivity index (χ1v) is 6.58. The maximum atomic E-state index is 4.18. The highest BCUT2D eigenvalue weighted by Crippen LogP contribution is 2.26.